The van der Waals surface area contributed by atoms with Gasteiger partial charge in [-0.05, 0) is 18.6 Å². The molecule has 0 heterocycles. The van der Waals surface area contributed by atoms with Gasteiger partial charge in [0.25, 0.3) is 11.9 Å². The number of rotatable bonds is 5. The fraction of sp³-hybridized carbons (Fsp3) is 0.364. The Hall–Kier alpha value is -1.91. The van der Waals surface area contributed by atoms with E-state index >= 15 is 0 Å². The summed E-state index contributed by atoms with van der Waals surface area (Å²) in [6.07, 6.45) is 0.861. The molecule has 0 aliphatic heterocycles. The van der Waals surface area contributed by atoms with Crippen molar-refractivity contribution in [1.82, 2.24) is 0 Å². The number of nitrogens with zero attached hydrogens (tertiary/aromatic N) is 1. The van der Waals surface area contributed by atoms with Crippen molar-refractivity contribution in [2.24, 2.45) is 0 Å². The van der Waals surface area contributed by atoms with E-state index in [1.165, 1.54) is 0 Å². The number of benzene rings is 1. The molecule has 16 heavy (non-hydrogen) atoms. The molecule has 0 saturated carbocycles. The van der Waals surface area contributed by atoms with Crippen molar-refractivity contribution in [2.45, 2.75) is 25.8 Å². The van der Waals surface area contributed by atoms with Crippen LogP contribution >= 0.6 is 0 Å². The molecule has 0 fully saturated rings. The van der Waals surface area contributed by atoms with Crippen molar-refractivity contribution >= 4 is 11.6 Å². The zero-order chi connectivity index (χ0) is 12.0. The number of anilines is 1. The fourth-order valence-electron chi connectivity index (χ4n) is 1.35. The van der Waals surface area contributed by atoms with Gasteiger partial charge < -0.3 is 5.32 Å². The molecular weight excluding hydrogens is 208 g/mol. The van der Waals surface area contributed by atoms with Crippen molar-refractivity contribution < 1.29 is 9.72 Å². The molecule has 1 N–H and O–H groups in total. The summed E-state index contributed by atoms with van der Waals surface area (Å²) in [5.41, 5.74) is 0.579. The summed E-state index contributed by atoms with van der Waals surface area (Å²) in [5.74, 6) is -0.557. The Morgan fingerprint density at radius 1 is 1.44 bits per heavy atom. The van der Waals surface area contributed by atoms with E-state index in [2.05, 4.69) is 5.32 Å². The van der Waals surface area contributed by atoms with Crippen LogP contribution in [0.3, 0.4) is 0 Å². The quantitative estimate of drug-likeness (QED) is 0.612. The van der Waals surface area contributed by atoms with Gasteiger partial charge in [0, 0.05) is 17.0 Å². The van der Waals surface area contributed by atoms with Crippen molar-refractivity contribution in [3.05, 3.63) is 40.4 Å². The van der Waals surface area contributed by atoms with Gasteiger partial charge in [-0.1, -0.05) is 25.1 Å². The number of nitrogens with one attached hydrogen (secondary N) is 1. The first-order valence-electron chi connectivity index (χ1n) is 5.14. The first-order chi connectivity index (χ1) is 7.65. The van der Waals surface area contributed by atoms with E-state index in [9.17, 15) is 14.9 Å². The first-order valence-corrected chi connectivity index (χ1v) is 5.14. The maximum Gasteiger partial charge on any atom is 0.299 e. The molecule has 1 amide bonds. The SMILES string of the molecule is CCCC(C(=O)Nc1ccccc1)[N+](=O)[O-]. The van der Waals surface area contributed by atoms with Crippen molar-refractivity contribution in [2.75, 3.05) is 5.32 Å². The lowest BCUT2D eigenvalue weighted by molar-refractivity contribution is -0.507. The second-order valence-electron chi connectivity index (χ2n) is 3.45. The van der Waals surface area contributed by atoms with Crippen LogP contribution in [0.25, 0.3) is 0 Å². The summed E-state index contributed by atoms with van der Waals surface area (Å²) in [6, 6.07) is 7.56. The molecule has 1 atom stereocenters. The molecule has 1 aromatic rings. The minimum absolute atomic E-state index is 0.256. The Labute approximate surface area is 93.6 Å². The molecule has 5 nitrogen and oxygen atoms in total. The second kappa shape index (κ2) is 5.85. The summed E-state index contributed by atoms with van der Waals surface area (Å²) >= 11 is 0. The highest BCUT2D eigenvalue weighted by Crippen LogP contribution is 2.08. The standard InChI is InChI=1S/C11H14N2O3/c1-2-6-10(13(15)16)11(14)12-9-7-4-3-5-8-9/h3-5,7-8,10H,2,6H2,1H3,(H,12,14). The van der Waals surface area contributed by atoms with Crippen LogP contribution in [0, 0.1) is 10.1 Å². The van der Waals surface area contributed by atoms with Gasteiger partial charge in [0.1, 0.15) is 0 Å². The lowest BCUT2D eigenvalue weighted by Gasteiger charge is -2.08. The minimum Gasteiger partial charge on any atom is -0.320 e. The Morgan fingerprint density at radius 3 is 2.56 bits per heavy atom. The third-order valence-electron chi connectivity index (χ3n) is 2.16. The van der Waals surface area contributed by atoms with Crippen LogP contribution in [0.15, 0.2) is 30.3 Å². The van der Waals surface area contributed by atoms with Gasteiger partial charge in [-0.15, -0.1) is 0 Å². The number of hydrogen-bond donors (Lipinski definition) is 1. The molecule has 86 valence electrons. The number of carbonyl (C=O) groups is 1. The highest BCUT2D eigenvalue weighted by atomic mass is 16.6. The first kappa shape index (κ1) is 12.2. The van der Waals surface area contributed by atoms with E-state index in [0.29, 0.717) is 12.1 Å². The normalized spacial score (nSPS) is 11.8. The predicted molar refractivity (Wildman–Crippen MR) is 60.8 cm³/mol. The summed E-state index contributed by atoms with van der Waals surface area (Å²) in [4.78, 5) is 21.7. The average molecular weight is 222 g/mol. The van der Waals surface area contributed by atoms with Gasteiger partial charge in [0.05, 0.1) is 0 Å². The van der Waals surface area contributed by atoms with E-state index in [1.54, 1.807) is 24.3 Å². The van der Waals surface area contributed by atoms with Gasteiger partial charge >= 0.3 is 0 Å². The molecule has 0 radical (unpaired) electrons. The van der Waals surface area contributed by atoms with Gasteiger partial charge in [-0.3, -0.25) is 14.9 Å². The summed E-state index contributed by atoms with van der Waals surface area (Å²) in [7, 11) is 0. The van der Waals surface area contributed by atoms with Crippen molar-refractivity contribution in [3.63, 3.8) is 0 Å². The molecule has 1 rings (SSSR count). The maximum absolute atomic E-state index is 11.6. The summed E-state index contributed by atoms with van der Waals surface area (Å²) in [5, 5.41) is 13.2. The molecule has 0 aromatic heterocycles. The predicted octanol–water partition coefficient (Wildman–Crippen LogP) is 2.07. The zero-order valence-corrected chi connectivity index (χ0v) is 9.05. The smallest absolute Gasteiger partial charge is 0.299 e. The number of hydrogen-bond acceptors (Lipinski definition) is 3. The monoisotopic (exact) mass is 222 g/mol. The van der Waals surface area contributed by atoms with Crippen molar-refractivity contribution in [3.8, 4) is 0 Å². The second-order valence-corrected chi connectivity index (χ2v) is 3.45. The summed E-state index contributed by atoms with van der Waals surface area (Å²) < 4.78 is 0. The molecule has 0 aliphatic rings. The van der Waals surface area contributed by atoms with Gasteiger partial charge in [0.2, 0.25) is 0 Å². The van der Waals surface area contributed by atoms with Crippen LogP contribution in [0.5, 0.6) is 0 Å². The molecular formula is C11H14N2O3. The van der Waals surface area contributed by atoms with Crippen LogP contribution in [-0.4, -0.2) is 16.9 Å². The third-order valence-corrected chi connectivity index (χ3v) is 2.16. The van der Waals surface area contributed by atoms with E-state index in [0.717, 1.165) is 0 Å². The Kier molecular flexibility index (Phi) is 4.44. The van der Waals surface area contributed by atoms with E-state index < -0.39 is 16.9 Å². The molecule has 0 saturated heterocycles. The highest BCUT2D eigenvalue weighted by Gasteiger charge is 2.28. The minimum atomic E-state index is -1.16. The van der Waals surface area contributed by atoms with Crippen LogP contribution in [-0.2, 0) is 4.79 Å². The molecule has 0 bridgehead atoms. The number of para-hydroxylation sites is 1. The Bertz CT molecular complexity index is 365. The molecule has 1 unspecified atom stereocenters. The highest BCUT2D eigenvalue weighted by molar-refractivity contribution is 5.93. The van der Waals surface area contributed by atoms with Gasteiger partial charge in [-0.2, -0.15) is 0 Å². The van der Waals surface area contributed by atoms with E-state index in [1.807, 2.05) is 13.0 Å². The molecule has 5 heteroatoms. The number of nitro groups is 1. The van der Waals surface area contributed by atoms with E-state index in [-0.39, 0.29) is 6.42 Å². The molecule has 1 aromatic carbocycles. The summed E-state index contributed by atoms with van der Waals surface area (Å²) in [6.45, 7) is 1.81. The third kappa shape index (κ3) is 3.34. The van der Waals surface area contributed by atoms with Crippen LogP contribution < -0.4 is 5.32 Å². The van der Waals surface area contributed by atoms with Gasteiger partial charge in [0.15, 0.2) is 0 Å². The fourth-order valence-corrected chi connectivity index (χ4v) is 1.35. The van der Waals surface area contributed by atoms with Crippen LogP contribution in [0.4, 0.5) is 5.69 Å². The van der Waals surface area contributed by atoms with Gasteiger partial charge in [-0.25, -0.2) is 0 Å². The zero-order valence-electron chi connectivity index (χ0n) is 9.05. The maximum atomic E-state index is 11.6. The van der Waals surface area contributed by atoms with Crippen LogP contribution in [0.2, 0.25) is 0 Å². The van der Waals surface area contributed by atoms with Crippen molar-refractivity contribution in [1.29, 1.82) is 0 Å². The largest absolute Gasteiger partial charge is 0.320 e. The lowest BCUT2D eigenvalue weighted by Crippen LogP contribution is -2.34. The molecule has 0 aliphatic carbocycles. The van der Waals surface area contributed by atoms with Crippen LogP contribution in [0.1, 0.15) is 19.8 Å². The average Bonchev–Trinajstić information content (AvgIpc) is 2.26. The van der Waals surface area contributed by atoms with E-state index in [4.69, 9.17) is 0 Å². The Balaban J connectivity index is 2.66. The molecule has 0 spiro atoms. The topological polar surface area (TPSA) is 72.2 Å². The Morgan fingerprint density at radius 2 is 2.06 bits per heavy atom. The number of amides is 1. The number of carbonyl (C=O) groups excluding carboxylic acids is 1. The lowest BCUT2D eigenvalue weighted by atomic mass is 10.1.